The van der Waals surface area contributed by atoms with Crippen molar-refractivity contribution < 1.29 is 19.1 Å². The first-order valence-corrected chi connectivity index (χ1v) is 6.87. The van der Waals surface area contributed by atoms with E-state index in [2.05, 4.69) is 0 Å². The summed E-state index contributed by atoms with van der Waals surface area (Å²) in [5, 5.41) is 0. The van der Waals surface area contributed by atoms with Gasteiger partial charge in [-0.25, -0.2) is 4.79 Å². The first-order chi connectivity index (χ1) is 8.70. The molecule has 1 fully saturated rings. The highest BCUT2D eigenvalue weighted by Gasteiger charge is 2.30. The molecule has 0 atom stereocenters. The van der Waals surface area contributed by atoms with E-state index in [-0.39, 0.29) is 24.3 Å². The molecule has 0 bridgehead atoms. The number of ether oxygens (including phenoxy) is 2. The van der Waals surface area contributed by atoms with Crippen molar-refractivity contribution in [3.8, 4) is 0 Å². The summed E-state index contributed by atoms with van der Waals surface area (Å²) in [5.74, 6) is -0.185. The molecule has 1 aliphatic heterocycles. The van der Waals surface area contributed by atoms with Crippen LogP contribution in [0.1, 0.15) is 47.5 Å². The van der Waals surface area contributed by atoms with Crippen molar-refractivity contribution in [2.45, 2.75) is 59.7 Å². The molecule has 110 valence electrons. The summed E-state index contributed by atoms with van der Waals surface area (Å²) in [6.45, 7) is 10.3. The highest BCUT2D eigenvalue weighted by Crippen LogP contribution is 2.21. The molecule has 1 amide bonds. The Morgan fingerprint density at radius 3 is 2.11 bits per heavy atom. The number of carbonyl (C=O) groups excluding carboxylic acids is 2. The summed E-state index contributed by atoms with van der Waals surface area (Å²) in [6, 6.07) is 0. The van der Waals surface area contributed by atoms with Crippen LogP contribution in [0.4, 0.5) is 4.79 Å². The molecule has 0 radical (unpaired) electrons. The normalized spacial score (nSPS) is 17.5. The molecule has 5 heteroatoms. The van der Waals surface area contributed by atoms with Gasteiger partial charge in [0.25, 0.3) is 0 Å². The third-order valence-corrected chi connectivity index (χ3v) is 2.92. The number of hydrogen-bond acceptors (Lipinski definition) is 4. The molecule has 1 aliphatic rings. The average molecular weight is 271 g/mol. The van der Waals surface area contributed by atoms with Crippen LogP contribution in [0.15, 0.2) is 0 Å². The summed E-state index contributed by atoms with van der Waals surface area (Å²) in [5.41, 5.74) is -0.478. The lowest BCUT2D eigenvalue weighted by Crippen LogP contribution is -2.43. The summed E-state index contributed by atoms with van der Waals surface area (Å²) < 4.78 is 10.6. The molecule has 1 rings (SSSR count). The number of piperidine rings is 1. The zero-order valence-corrected chi connectivity index (χ0v) is 12.6. The third-order valence-electron chi connectivity index (χ3n) is 2.92. The Labute approximate surface area is 115 Å². The summed E-state index contributed by atoms with van der Waals surface area (Å²) in [4.78, 5) is 25.1. The molecule has 0 aliphatic carbocycles. The van der Waals surface area contributed by atoms with Gasteiger partial charge in [-0.15, -0.1) is 0 Å². The van der Waals surface area contributed by atoms with E-state index in [0.29, 0.717) is 25.9 Å². The van der Waals surface area contributed by atoms with Gasteiger partial charge < -0.3 is 14.4 Å². The van der Waals surface area contributed by atoms with E-state index in [1.165, 1.54) is 0 Å². The van der Waals surface area contributed by atoms with Crippen LogP contribution in [-0.4, -0.2) is 42.3 Å². The van der Waals surface area contributed by atoms with Crippen molar-refractivity contribution in [1.82, 2.24) is 4.90 Å². The molecule has 19 heavy (non-hydrogen) atoms. The fourth-order valence-corrected chi connectivity index (χ4v) is 1.76. The molecule has 1 heterocycles. The molecular formula is C14H25NO4. The minimum Gasteiger partial charge on any atom is -0.462 e. The van der Waals surface area contributed by atoms with Crippen LogP contribution < -0.4 is 0 Å². The molecule has 1 saturated heterocycles. The first-order valence-electron chi connectivity index (χ1n) is 6.87. The number of likely N-dealkylation sites (tertiary alicyclic amines) is 1. The van der Waals surface area contributed by atoms with Gasteiger partial charge >= 0.3 is 12.1 Å². The Balaban J connectivity index is 2.37. The van der Waals surface area contributed by atoms with Gasteiger partial charge in [-0.1, -0.05) is 0 Å². The predicted octanol–water partition coefficient (Wildman–Crippen LogP) is 2.59. The van der Waals surface area contributed by atoms with E-state index in [1.807, 2.05) is 34.6 Å². The Morgan fingerprint density at radius 1 is 1.16 bits per heavy atom. The smallest absolute Gasteiger partial charge is 0.410 e. The van der Waals surface area contributed by atoms with Gasteiger partial charge in [0.05, 0.1) is 11.5 Å². The topological polar surface area (TPSA) is 55.8 Å². The summed E-state index contributed by atoms with van der Waals surface area (Å²) >= 11 is 0. The minimum atomic E-state index is -0.478. The summed E-state index contributed by atoms with van der Waals surface area (Å²) in [6.07, 6.45) is 0.874. The second-order valence-electron chi connectivity index (χ2n) is 6.27. The van der Waals surface area contributed by atoms with Gasteiger partial charge in [0.1, 0.15) is 6.10 Å². The molecule has 0 aromatic heterocycles. The van der Waals surface area contributed by atoms with Crippen LogP contribution in [0.25, 0.3) is 0 Å². The van der Waals surface area contributed by atoms with Gasteiger partial charge in [-0.05, 0) is 34.6 Å². The maximum atomic E-state index is 11.8. The van der Waals surface area contributed by atoms with Gasteiger partial charge in [-0.2, -0.15) is 0 Å². The van der Waals surface area contributed by atoms with Crippen molar-refractivity contribution in [2.75, 3.05) is 13.1 Å². The highest BCUT2D eigenvalue weighted by atomic mass is 16.6. The van der Waals surface area contributed by atoms with E-state index >= 15 is 0 Å². The maximum absolute atomic E-state index is 11.8. The number of carbonyl (C=O) groups is 2. The number of amides is 1. The quantitative estimate of drug-likeness (QED) is 0.724. The van der Waals surface area contributed by atoms with Crippen LogP contribution in [-0.2, 0) is 14.3 Å². The number of rotatable bonds is 2. The van der Waals surface area contributed by atoms with Crippen LogP contribution in [0, 0.1) is 5.41 Å². The van der Waals surface area contributed by atoms with Crippen LogP contribution >= 0.6 is 0 Å². The highest BCUT2D eigenvalue weighted by molar-refractivity contribution is 5.75. The van der Waals surface area contributed by atoms with Crippen molar-refractivity contribution in [3.63, 3.8) is 0 Å². The Morgan fingerprint density at radius 2 is 1.68 bits per heavy atom. The fourth-order valence-electron chi connectivity index (χ4n) is 1.76. The van der Waals surface area contributed by atoms with Gasteiger partial charge in [0.2, 0.25) is 0 Å². The Hall–Kier alpha value is -1.26. The summed E-state index contributed by atoms with van der Waals surface area (Å²) in [7, 11) is 0. The van der Waals surface area contributed by atoms with E-state index in [0.717, 1.165) is 0 Å². The SMILES string of the molecule is CC(C)OC(=O)N1CCC(OC(=O)C(C)(C)C)CC1. The van der Waals surface area contributed by atoms with Crippen molar-refractivity contribution in [1.29, 1.82) is 0 Å². The lowest BCUT2D eigenvalue weighted by Gasteiger charge is -2.32. The molecule has 0 N–H and O–H groups in total. The molecule has 5 nitrogen and oxygen atoms in total. The number of hydrogen-bond donors (Lipinski definition) is 0. The molecule has 0 aromatic rings. The largest absolute Gasteiger partial charge is 0.462 e. The fraction of sp³-hybridized carbons (Fsp3) is 0.857. The van der Waals surface area contributed by atoms with Crippen LogP contribution in [0.5, 0.6) is 0 Å². The Kier molecular flexibility index (Phi) is 5.20. The Bertz CT molecular complexity index is 325. The third kappa shape index (κ3) is 5.09. The zero-order chi connectivity index (χ0) is 14.6. The van der Waals surface area contributed by atoms with Gasteiger partial charge in [0, 0.05) is 25.9 Å². The number of esters is 1. The predicted molar refractivity (Wildman–Crippen MR) is 71.8 cm³/mol. The molecule has 0 spiro atoms. The second kappa shape index (κ2) is 6.26. The monoisotopic (exact) mass is 271 g/mol. The second-order valence-corrected chi connectivity index (χ2v) is 6.27. The van der Waals surface area contributed by atoms with E-state index in [4.69, 9.17) is 9.47 Å². The van der Waals surface area contributed by atoms with Crippen LogP contribution in [0.3, 0.4) is 0 Å². The maximum Gasteiger partial charge on any atom is 0.410 e. The van der Waals surface area contributed by atoms with Crippen molar-refractivity contribution in [3.05, 3.63) is 0 Å². The van der Waals surface area contributed by atoms with Crippen molar-refractivity contribution in [2.24, 2.45) is 5.41 Å². The minimum absolute atomic E-state index is 0.0881. The lowest BCUT2D eigenvalue weighted by atomic mass is 9.97. The lowest BCUT2D eigenvalue weighted by molar-refractivity contribution is -0.160. The molecule has 0 saturated carbocycles. The van der Waals surface area contributed by atoms with E-state index in [9.17, 15) is 9.59 Å². The standard InChI is InChI=1S/C14H25NO4/c1-10(2)18-13(17)15-8-6-11(7-9-15)19-12(16)14(3,4)5/h10-11H,6-9H2,1-5H3. The van der Waals surface area contributed by atoms with E-state index in [1.54, 1.807) is 4.90 Å². The van der Waals surface area contributed by atoms with E-state index < -0.39 is 5.41 Å². The molecule has 0 unspecified atom stereocenters. The zero-order valence-electron chi connectivity index (χ0n) is 12.6. The van der Waals surface area contributed by atoms with Crippen LogP contribution in [0.2, 0.25) is 0 Å². The van der Waals surface area contributed by atoms with Crippen molar-refractivity contribution >= 4 is 12.1 Å². The average Bonchev–Trinajstić information content (AvgIpc) is 2.27. The molecular weight excluding hydrogens is 246 g/mol. The van der Waals surface area contributed by atoms with Gasteiger partial charge in [-0.3, -0.25) is 4.79 Å². The number of nitrogens with zero attached hydrogens (tertiary/aromatic N) is 1. The first kappa shape index (κ1) is 15.8. The molecule has 0 aromatic carbocycles. The van der Waals surface area contributed by atoms with Gasteiger partial charge in [0.15, 0.2) is 0 Å².